The Hall–Kier alpha value is 2.73. The van der Waals surface area contributed by atoms with Gasteiger partial charge < -0.3 is 54.0 Å². The molecule has 0 radical (unpaired) electrons. The maximum absolute atomic E-state index is 11.1. The van der Waals surface area contributed by atoms with Crippen molar-refractivity contribution in [3.63, 3.8) is 0 Å². The number of hydrogen-bond donors (Lipinski definition) is 4. The molecule has 0 saturated heterocycles. The Labute approximate surface area is 202 Å². The predicted octanol–water partition coefficient (Wildman–Crippen LogP) is -14.9. The van der Waals surface area contributed by atoms with Crippen molar-refractivity contribution in [2.75, 3.05) is 13.2 Å². The molecule has 0 aliphatic rings. The van der Waals surface area contributed by atoms with Gasteiger partial charge in [-0.1, -0.05) is 0 Å². The van der Waals surface area contributed by atoms with Gasteiger partial charge in [0.25, 0.3) is 7.82 Å². The Kier molecular flexibility index (Phi) is 26.0. The normalized spacial score (nSPS) is 16.6. The molecule has 0 aromatic heterocycles. The van der Waals surface area contributed by atoms with Gasteiger partial charge in [0.2, 0.25) is 0 Å². The van der Waals surface area contributed by atoms with Crippen LogP contribution < -0.4 is 103 Å². The van der Waals surface area contributed by atoms with E-state index in [-0.39, 0.29) is 94.1 Å². The molecule has 0 aromatic carbocycles. The van der Waals surface area contributed by atoms with E-state index in [0.29, 0.717) is 0 Å². The van der Waals surface area contributed by atoms with Crippen molar-refractivity contribution in [3.8, 4) is 0 Å². The Morgan fingerprint density at radius 2 is 1.42 bits per heavy atom. The summed E-state index contributed by atoms with van der Waals surface area (Å²) in [5, 5.41) is 27.5. The first-order valence-corrected chi connectivity index (χ1v) is 7.71. The third kappa shape index (κ3) is 19.5. The fourth-order valence-corrected chi connectivity index (χ4v) is 1.52. The van der Waals surface area contributed by atoms with Crippen LogP contribution >= 0.6 is 15.6 Å². The quantitative estimate of drug-likeness (QED) is 0.199. The molecule has 0 aliphatic heterocycles. The minimum absolute atomic E-state index is 0. The average Bonchev–Trinajstić information content (AvgIpc) is 2.29. The summed E-state index contributed by atoms with van der Waals surface area (Å²) >= 11 is 0. The topological polar surface area (TPSA) is 251 Å². The molecule has 0 heterocycles. The van der Waals surface area contributed by atoms with Crippen LogP contribution in [0.5, 0.6) is 0 Å². The number of Topliss-reactive ketones (excluding diaryl/α,β-unsaturated/α-hetero) is 1. The molecule has 128 valence electrons. The minimum Gasteiger partial charge on any atom is -0.790 e. The standard InChI is InChI=1S/C6H14O12P2.3Na.H2O/c7-3(1-17-19(11,12)13)5(9)6(10)4(8)2-18-20(14,15)16;;;;/h3,5-7,9-10H,1-2H2,(H2,11,12,13)(H2,14,15,16);;;;1H2/q;3*+1;/p-3/t3-,5+,6-;;;;/m1..../s1. The zero-order valence-electron chi connectivity index (χ0n) is 13.1. The van der Waals surface area contributed by atoms with E-state index in [1.54, 1.807) is 0 Å². The molecule has 4 atom stereocenters. The molecule has 24 heavy (non-hydrogen) atoms. The Morgan fingerprint density at radius 3 is 1.75 bits per heavy atom. The van der Waals surface area contributed by atoms with Crippen LogP contribution in [-0.2, 0) is 23.0 Å². The van der Waals surface area contributed by atoms with Crippen LogP contribution in [0.2, 0.25) is 0 Å². The molecule has 0 rings (SSSR count). The first-order chi connectivity index (χ1) is 8.83. The number of carbonyl (C=O) groups is 1. The summed E-state index contributed by atoms with van der Waals surface area (Å²) in [7, 11) is -10.6. The van der Waals surface area contributed by atoms with Crippen molar-refractivity contribution >= 4 is 21.4 Å². The fourth-order valence-electron chi connectivity index (χ4n) is 0.898. The Morgan fingerprint density at radius 1 is 1.00 bits per heavy atom. The van der Waals surface area contributed by atoms with Gasteiger partial charge >= 0.3 is 88.7 Å². The maximum Gasteiger partial charge on any atom is 1.00 e. The van der Waals surface area contributed by atoms with Gasteiger partial charge in [-0.15, -0.1) is 0 Å². The monoisotopic (exact) mass is 424 g/mol. The zero-order chi connectivity index (χ0) is 16.1. The number of ketones is 1. The van der Waals surface area contributed by atoms with Crippen LogP contribution in [0.25, 0.3) is 0 Å². The molecule has 6 N–H and O–H groups in total. The number of aliphatic hydroxyl groups excluding tert-OH is 3. The molecule has 0 spiro atoms. The summed E-state index contributed by atoms with van der Waals surface area (Å²) in [5.74, 6) is -1.44. The maximum atomic E-state index is 11.1. The Balaban J connectivity index is -0.000000301. The molecule has 1 unspecified atom stereocenters. The molecule has 0 saturated carbocycles. The molecular formula is C6H13Na3O13P2. The Bertz CT molecular complexity index is 424. The summed E-state index contributed by atoms with van der Waals surface area (Å²) in [4.78, 5) is 49.6. The average molecular weight is 424 g/mol. The number of hydrogen-bond acceptors (Lipinski definition) is 11. The number of aliphatic hydroxyl groups is 3. The number of carbonyl (C=O) groups excluding carboxylic acids is 1. The molecule has 0 fully saturated rings. The van der Waals surface area contributed by atoms with Crippen LogP contribution in [0.3, 0.4) is 0 Å². The van der Waals surface area contributed by atoms with Crippen LogP contribution in [0.15, 0.2) is 0 Å². The molecule has 0 amide bonds. The third-order valence-electron chi connectivity index (χ3n) is 1.82. The van der Waals surface area contributed by atoms with Gasteiger partial charge in [-0.05, 0) is 0 Å². The smallest absolute Gasteiger partial charge is 0.790 e. The van der Waals surface area contributed by atoms with E-state index in [1.807, 2.05) is 0 Å². The molecule has 0 aromatic rings. The summed E-state index contributed by atoms with van der Waals surface area (Å²) in [5.41, 5.74) is 0. The van der Waals surface area contributed by atoms with Crippen LogP contribution in [-0.4, -0.2) is 63.0 Å². The molecule has 13 nitrogen and oxygen atoms in total. The third-order valence-corrected chi connectivity index (χ3v) is 2.74. The molecule has 0 bridgehead atoms. The van der Waals surface area contributed by atoms with Crippen molar-refractivity contribution in [3.05, 3.63) is 0 Å². The van der Waals surface area contributed by atoms with Crippen molar-refractivity contribution in [1.29, 1.82) is 0 Å². The van der Waals surface area contributed by atoms with Crippen molar-refractivity contribution in [2.24, 2.45) is 0 Å². The van der Waals surface area contributed by atoms with Crippen LogP contribution in [0.4, 0.5) is 0 Å². The van der Waals surface area contributed by atoms with Gasteiger partial charge in [0, 0.05) is 0 Å². The number of phosphoric ester groups is 2. The van der Waals surface area contributed by atoms with Gasteiger partial charge in [-0.25, -0.2) is 0 Å². The number of rotatable bonds is 9. The predicted molar refractivity (Wildman–Crippen MR) is 56.0 cm³/mol. The summed E-state index contributed by atoms with van der Waals surface area (Å²) in [6.07, 6.45) is -6.77. The molecule has 0 aliphatic carbocycles. The van der Waals surface area contributed by atoms with Gasteiger partial charge in [0.05, 0.1) is 14.4 Å². The second-order valence-electron chi connectivity index (χ2n) is 3.45. The largest absolute Gasteiger partial charge is 1.00 e. The van der Waals surface area contributed by atoms with Gasteiger partial charge in [0.1, 0.15) is 24.9 Å². The number of phosphoric acid groups is 2. The van der Waals surface area contributed by atoms with E-state index in [9.17, 15) is 38.8 Å². The van der Waals surface area contributed by atoms with Crippen molar-refractivity contribution in [2.45, 2.75) is 18.3 Å². The van der Waals surface area contributed by atoms with Crippen molar-refractivity contribution in [1.82, 2.24) is 0 Å². The van der Waals surface area contributed by atoms with Crippen LogP contribution in [0.1, 0.15) is 0 Å². The van der Waals surface area contributed by atoms with E-state index >= 15 is 0 Å². The van der Waals surface area contributed by atoms with E-state index in [2.05, 4.69) is 9.05 Å². The molecular weight excluding hydrogens is 411 g/mol. The van der Waals surface area contributed by atoms with E-state index in [1.165, 1.54) is 0 Å². The summed E-state index contributed by atoms with van der Waals surface area (Å²) in [6, 6.07) is 0. The van der Waals surface area contributed by atoms with Gasteiger partial charge in [0.15, 0.2) is 5.78 Å². The second-order valence-corrected chi connectivity index (χ2v) is 5.80. The second kappa shape index (κ2) is 16.7. The zero-order valence-corrected chi connectivity index (χ0v) is 20.9. The summed E-state index contributed by atoms with van der Waals surface area (Å²) < 4.78 is 27.5. The minimum atomic E-state index is -5.42. The van der Waals surface area contributed by atoms with Gasteiger partial charge in [-0.3, -0.25) is 9.36 Å². The van der Waals surface area contributed by atoms with E-state index in [0.717, 1.165) is 0 Å². The SMILES string of the molecule is O.O=C(COP(=O)([O-])O)[C@@H](O)[C@@H](O)[C@H](O)COP(=O)([O-])[O-].[Na+].[Na+].[Na+]. The van der Waals surface area contributed by atoms with Gasteiger partial charge in [-0.2, -0.15) is 0 Å². The fraction of sp³-hybridized carbons (Fsp3) is 0.833. The van der Waals surface area contributed by atoms with E-state index in [4.69, 9.17) is 10.00 Å². The first-order valence-electron chi connectivity index (χ1n) is 4.75. The van der Waals surface area contributed by atoms with Crippen molar-refractivity contribution < 1.29 is 152 Å². The first kappa shape index (κ1) is 37.5. The van der Waals surface area contributed by atoms with E-state index < -0.39 is 53.0 Å². The molecule has 18 heteroatoms. The van der Waals surface area contributed by atoms with Crippen LogP contribution in [0, 0.1) is 0 Å². The summed E-state index contributed by atoms with van der Waals surface area (Å²) in [6.45, 7) is -2.55.